The molecule has 5 nitrogen and oxygen atoms in total. The highest BCUT2D eigenvalue weighted by atomic mass is 16.2. The van der Waals surface area contributed by atoms with Crippen LogP contribution in [0.2, 0.25) is 0 Å². The van der Waals surface area contributed by atoms with Gasteiger partial charge >= 0.3 is 0 Å². The number of benzene rings is 1. The molecule has 132 valence electrons. The van der Waals surface area contributed by atoms with E-state index in [4.69, 9.17) is 0 Å². The standard InChI is InChI=1S/C20H25N3O2/c1-3-9-19(24)23(15-17-10-5-4-6-11-17)16(2)20(25)22-14-18-12-7-8-13-21-18/h4-8,10-13,16H,3,9,14-15H2,1-2H3,(H,22,25). The zero-order valence-electron chi connectivity index (χ0n) is 14.8. The van der Waals surface area contributed by atoms with Crippen molar-refractivity contribution in [2.75, 3.05) is 0 Å². The fourth-order valence-electron chi connectivity index (χ4n) is 2.55. The number of amides is 2. The maximum absolute atomic E-state index is 12.5. The Morgan fingerprint density at radius 2 is 1.84 bits per heavy atom. The van der Waals surface area contributed by atoms with E-state index in [1.165, 1.54) is 0 Å². The van der Waals surface area contributed by atoms with Gasteiger partial charge in [0, 0.05) is 19.2 Å². The molecule has 0 aliphatic heterocycles. The average molecular weight is 339 g/mol. The topological polar surface area (TPSA) is 62.3 Å². The van der Waals surface area contributed by atoms with Crippen LogP contribution in [0.15, 0.2) is 54.7 Å². The summed E-state index contributed by atoms with van der Waals surface area (Å²) in [5.41, 5.74) is 1.80. The van der Waals surface area contributed by atoms with E-state index in [2.05, 4.69) is 10.3 Å². The summed E-state index contributed by atoms with van der Waals surface area (Å²) in [6.45, 7) is 4.51. The van der Waals surface area contributed by atoms with Gasteiger partial charge in [0.2, 0.25) is 11.8 Å². The van der Waals surface area contributed by atoms with Crippen LogP contribution in [0, 0.1) is 0 Å². The molecule has 0 aliphatic carbocycles. The molecule has 0 saturated carbocycles. The van der Waals surface area contributed by atoms with Gasteiger partial charge in [0.25, 0.3) is 0 Å². The Hall–Kier alpha value is -2.69. The molecule has 2 amide bonds. The molecule has 1 aromatic heterocycles. The van der Waals surface area contributed by atoms with E-state index in [-0.39, 0.29) is 11.8 Å². The zero-order valence-corrected chi connectivity index (χ0v) is 14.8. The predicted molar refractivity (Wildman–Crippen MR) is 97.4 cm³/mol. The highest BCUT2D eigenvalue weighted by Gasteiger charge is 2.25. The number of hydrogen-bond donors (Lipinski definition) is 1. The van der Waals surface area contributed by atoms with Gasteiger partial charge in [0.15, 0.2) is 0 Å². The molecule has 0 bridgehead atoms. The van der Waals surface area contributed by atoms with Crippen molar-refractivity contribution in [1.29, 1.82) is 0 Å². The number of rotatable bonds is 8. The van der Waals surface area contributed by atoms with Crippen LogP contribution in [-0.2, 0) is 22.7 Å². The van der Waals surface area contributed by atoms with E-state index >= 15 is 0 Å². The van der Waals surface area contributed by atoms with Crippen LogP contribution in [-0.4, -0.2) is 27.7 Å². The molecule has 25 heavy (non-hydrogen) atoms. The Morgan fingerprint density at radius 1 is 1.12 bits per heavy atom. The Labute approximate surface area is 149 Å². The van der Waals surface area contributed by atoms with Crippen LogP contribution in [0.4, 0.5) is 0 Å². The quantitative estimate of drug-likeness (QED) is 0.804. The van der Waals surface area contributed by atoms with Gasteiger partial charge < -0.3 is 10.2 Å². The Kier molecular flexibility index (Phi) is 7.14. The largest absolute Gasteiger partial charge is 0.349 e. The van der Waals surface area contributed by atoms with Gasteiger partial charge in [-0.05, 0) is 31.0 Å². The molecule has 1 unspecified atom stereocenters. The number of pyridine rings is 1. The van der Waals surface area contributed by atoms with Crippen LogP contribution in [0.5, 0.6) is 0 Å². The molecule has 0 saturated heterocycles. The first-order valence-corrected chi connectivity index (χ1v) is 8.62. The van der Waals surface area contributed by atoms with E-state index in [1.54, 1.807) is 18.0 Å². The van der Waals surface area contributed by atoms with E-state index < -0.39 is 6.04 Å². The lowest BCUT2D eigenvalue weighted by atomic mass is 10.1. The molecule has 1 N–H and O–H groups in total. The Morgan fingerprint density at radius 3 is 2.48 bits per heavy atom. The van der Waals surface area contributed by atoms with Crippen molar-refractivity contribution >= 4 is 11.8 Å². The first-order chi connectivity index (χ1) is 12.1. The molecule has 1 aromatic carbocycles. The van der Waals surface area contributed by atoms with Crippen LogP contribution < -0.4 is 5.32 Å². The Balaban J connectivity index is 2.04. The molecule has 5 heteroatoms. The number of hydrogen-bond acceptors (Lipinski definition) is 3. The second kappa shape index (κ2) is 9.57. The van der Waals surface area contributed by atoms with Crippen molar-refractivity contribution in [3.8, 4) is 0 Å². The summed E-state index contributed by atoms with van der Waals surface area (Å²) in [6, 6.07) is 14.8. The van der Waals surface area contributed by atoms with E-state index in [1.807, 2.05) is 55.5 Å². The lowest BCUT2D eigenvalue weighted by Crippen LogP contribution is -2.47. The van der Waals surface area contributed by atoms with E-state index in [0.717, 1.165) is 17.7 Å². The van der Waals surface area contributed by atoms with Crippen LogP contribution in [0.25, 0.3) is 0 Å². The van der Waals surface area contributed by atoms with Crippen molar-refractivity contribution in [1.82, 2.24) is 15.2 Å². The van der Waals surface area contributed by atoms with Crippen LogP contribution in [0.1, 0.15) is 37.9 Å². The first kappa shape index (κ1) is 18.6. The normalized spacial score (nSPS) is 11.6. The van der Waals surface area contributed by atoms with Gasteiger partial charge in [-0.15, -0.1) is 0 Å². The highest BCUT2D eigenvalue weighted by molar-refractivity contribution is 5.87. The molecule has 1 atom stereocenters. The lowest BCUT2D eigenvalue weighted by Gasteiger charge is -2.28. The van der Waals surface area contributed by atoms with Crippen molar-refractivity contribution in [2.24, 2.45) is 0 Å². The zero-order chi connectivity index (χ0) is 18.1. The van der Waals surface area contributed by atoms with Crippen molar-refractivity contribution in [2.45, 2.75) is 45.8 Å². The third-order valence-electron chi connectivity index (χ3n) is 4.00. The van der Waals surface area contributed by atoms with Crippen molar-refractivity contribution < 1.29 is 9.59 Å². The molecule has 0 spiro atoms. The molecule has 0 radical (unpaired) electrons. The fraction of sp³-hybridized carbons (Fsp3) is 0.350. The maximum Gasteiger partial charge on any atom is 0.242 e. The second-order valence-corrected chi connectivity index (χ2v) is 5.97. The summed E-state index contributed by atoms with van der Waals surface area (Å²) in [6.07, 6.45) is 2.88. The highest BCUT2D eigenvalue weighted by Crippen LogP contribution is 2.11. The third kappa shape index (κ3) is 5.71. The lowest BCUT2D eigenvalue weighted by molar-refractivity contribution is -0.140. The number of aromatic nitrogens is 1. The Bertz CT molecular complexity index is 674. The van der Waals surface area contributed by atoms with Gasteiger partial charge in [0.05, 0.1) is 12.2 Å². The number of carbonyl (C=O) groups is 2. The van der Waals surface area contributed by atoms with Crippen molar-refractivity contribution in [3.05, 3.63) is 66.0 Å². The number of nitrogens with zero attached hydrogens (tertiary/aromatic N) is 2. The number of carbonyl (C=O) groups excluding carboxylic acids is 2. The summed E-state index contributed by atoms with van der Waals surface area (Å²) < 4.78 is 0. The molecular weight excluding hydrogens is 314 g/mol. The molecule has 1 heterocycles. The summed E-state index contributed by atoms with van der Waals surface area (Å²) in [7, 11) is 0. The molecular formula is C20H25N3O2. The van der Waals surface area contributed by atoms with Gasteiger partial charge in [-0.2, -0.15) is 0 Å². The molecule has 2 rings (SSSR count). The average Bonchev–Trinajstić information content (AvgIpc) is 2.65. The third-order valence-corrected chi connectivity index (χ3v) is 4.00. The molecule has 2 aromatic rings. The number of nitrogens with one attached hydrogen (secondary N) is 1. The van der Waals surface area contributed by atoms with Gasteiger partial charge in [-0.25, -0.2) is 0 Å². The van der Waals surface area contributed by atoms with E-state index in [0.29, 0.717) is 19.5 Å². The maximum atomic E-state index is 12.5. The van der Waals surface area contributed by atoms with Gasteiger partial charge in [-0.1, -0.05) is 43.3 Å². The smallest absolute Gasteiger partial charge is 0.242 e. The minimum Gasteiger partial charge on any atom is -0.349 e. The van der Waals surface area contributed by atoms with Crippen LogP contribution in [0.3, 0.4) is 0 Å². The summed E-state index contributed by atoms with van der Waals surface area (Å²) >= 11 is 0. The second-order valence-electron chi connectivity index (χ2n) is 5.97. The predicted octanol–water partition coefficient (Wildman–Crippen LogP) is 2.92. The summed E-state index contributed by atoms with van der Waals surface area (Å²) in [5.74, 6) is -0.183. The minimum absolute atomic E-state index is 0.00756. The minimum atomic E-state index is -0.539. The van der Waals surface area contributed by atoms with Gasteiger partial charge in [-0.3, -0.25) is 14.6 Å². The summed E-state index contributed by atoms with van der Waals surface area (Å²) in [5, 5.41) is 2.87. The summed E-state index contributed by atoms with van der Waals surface area (Å²) in [4.78, 5) is 30.9. The van der Waals surface area contributed by atoms with Crippen molar-refractivity contribution in [3.63, 3.8) is 0 Å². The fourth-order valence-corrected chi connectivity index (χ4v) is 2.55. The molecule has 0 fully saturated rings. The first-order valence-electron chi connectivity index (χ1n) is 8.62. The monoisotopic (exact) mass is 339 g/mol. The van der Waals surface area contributed by atoms with Crippen LogP contribution >= 0.6 is 0 Å². The SMILES string of the molecule is CCCC(=O)N(Cc1ccccc1)C(C)C(=O)NCc1ccccn1. The molecule has 0 aliphatic rings. The van der Waals surface area contributed by atoms with Gasteiger partial charge in [0.1, 0.15) is 6.04 Å². The van der Waals surface area contributed by atoms with E-state index in [9.17, 15) is 9.59 Å².